The van der Waals surface area contributed by atoms with Crippen LogP contribution in [0.1, 0.15) is 44.9 Å². The molecule has 36 heavy (non-hydrogen) atoms. The van der Waals surface area contributed by atoms with Crippen molar-refractivity contribution in [3.05, 3.63) is 45.0 Å². The summed E-state index contributed by atoms with van der Waals surface area (Å²) in [5.41, 5.74) is 0.182. The van der Waals surface area contributed by atoms with Gasteiger partial charge in [0.05, 0.1) is 19.0 Å². The van der Waals surface area contributed by atoms with Crippen LogP contribution in [0, 0.1) is 0 Å². The zero-order chi connectivity index (χ0) is 25.4. The number of sulfonamides is 1. The Balaban J connectivity index is 1.18. The van der Waals surface area contributed by atoms with Crippen LogP contribution in [0.4, 0.5) is 17.1 Å². The summed E-state index contributed by atoms with van der Waals surface area (Å²) in [6, 6.07) is 3.59. The van der Waals surface area contributed by atoms with Crippen molar-refractivity contribution < 1.29 is 13.2 Å². The predicted octanol–water partition coefficient (Wildman–Crippen LogP) is 1.91. The fourth-order valence-corrected chi connectivity index (χ4v) is 6.55. The lowest BCUT2D eigenvalue weighted by Gasteiger charge is -2.37. The van der Waals surface area contributed by atoms with E-state index in [4.69, 9.17) is 4.74 Å². The SMILES string of the molecule is O=c1c(NCCCCCS(=O)(=O)N(CCCN2CCOCC2)C2CCC2)c(Nc2ccncc2)c1=O. The standard InChI is InChI=1S/C25H37N5O5S/c31-24-22(23(25(24)32)28-20-8-11-26-12-9-20)27-10-2-1-3-19-36(33,34)30(21-6-4-7-21)14-5-13-29-15-17-35-18-16-29/h8-9,11-12,21,27H,1-7,10,13-19H2,(H,26,28). The summed E-state index contributed by atoms with van der Waals surface area (Å²) in [5, 5.41) is 6.01. The monoisotopic (exact) mass is 519 g/mol. The van der Waals surface area contributed by atoms with E-state index in [0.717, 1.165) is 65.0 Å². The van der Waals surface area contributed by atoms with Gasteiger partial charge in [-0.25, -0.2) is 8.42 Å². The molecule has 0 bridgehead atoms. The number of morpholine rings is 1. The molecule has 1 aromatic heterocycles. The van der Waals surface area contributed by atoms with Crippen LogP contribution in [0.15, 0.2) is 34.1 Å². The summed E-state index contributed by atoms with van der Waals surface area (Å²) in [7, 11) is -3.30. The third-order valence-corrected chi connectivity index (χ3v) is 9.04. The summed E-state index contributed by atoms with van der Waals surface area (Å²) < 4.78 is 33.4. The molecule has 1 aliphatic heterocycles. The molecule has 2 aliphatic rings. The van der Waals surface area contributed by atoms with Gasteiger partial charge >= 0.3 is 0 Å². The lowest BCUT2D eigenvalue weighted by atomic mass is 9.93. The number of aromatic nitrogens is 1. The highest BCUT2D eigenvalue weighted by Crippen LogP contribution is 2.28. The largest absolute Gasteiger partial charge is 0.380 e. The molecule has 10 nitrogen and oxygen atoms in total. The van der Waals surface area contributed by atoms with Crippen LogP contribution < -0.4 is 21.5 Å². The summed E-state index contributed by atoms with van der Waals surface area (Å²) in [4.78, 5) is 30.2. The number of anilines is 3. The van der Waals surface area contributed by atoms with Gasteiger partial charge in [-0.3, -0.25) is 19.5 Å². The van der Waals surface area contributed by atoms with E-state index in [9.17, 15) is 18.0 Å². The van der Waals surface area contributed by atoms with Crippen molar-refractivity contribution >= 4 is 27.1 Å². The van der Waals surface area contributed by atoms with E-state index in [0.29, 0.717) is 37.3 Å². The Morgan fingerprint density at radius 2 is 1.72 bits per heavy atom. The summed E-state index contributed by atoms with van der Waals surface area (Å²) in [5.74, 6) is 0.149. The minimum atomic E-state index is -3.30. The number of nitrogens with zero attached hydrogens (tertiary/aromatic N) is 3. The lowest BCUT2D eigenvalue weighted by Crippen LogP contribution is -2.46. The Morgan fingerprint density at radius 1 is 1.00 bits per heavy atom. The second-order valence-corrected chi connectivity index (χ2v) is 11.6. The average molecular weight is 520 g/mol. The quantitative estimate of drug-likeness (QED) is 0.268. The first-order valence-corrected chi connectivity index (χ1v) is 14.6. The Bertz CT molecular complexity index is 1140. The van der Waals surface area contributed by atoms with Gasteiger partial charge in [0.15, 0.2) is 0 Å². The Hall–Kier alpha value is -2.34. The lowest BCUT2D eigenvalue weighted by molar-refractivity contribution is 0.0363. The number of hydrogen-bond acceptors (Lipinski definition) is 9. The van der Waals surface area contributed by atoms with Crippen molar-refractivity contribution in [3.8, 4) is 0 Å². The molecular formula is C25H37N5O5S. The number of ether oxygens (including phenoxy) is 1. The first kappa shape index (κ1) is 26.7. The van der Waals surface area contributed by atoms with Gasteiger partial charge in [-0.15, -0.1) is 0 Å². The molecule has 1 aromatic carbocycles. The van der Waals surface area contributed by atoms with Crippen LogP contribution in [-0.4, -0.2) is 80.3 Å². The van der Waals surface area contributed by atoms with E-state index in [1.54, 1.807) is 28.8 Å². The number of pyridine rings is 1. The summed E-state index contributed by atoms with van der Waals surface area (Å²) in [6.07, 6.45) is 9.07. The molecule has 198 valence electrons. The van der Waals surface area contributed by atoms with Crippen LogP contribution in [0.5, 0.6) is 0 Å². The minimum Gasteiger partial charge on any atom is -0.380 e. The molecule has 0 atom stereocenters. The third-order valence-electron chi connectivity index (χ3n) is 7.04. The molecule has 0 radical (unpaired) electrons. The Kier molecular flexibility index (Phi) is 9.47. The number of hydrogen-bond donors (Lipinski definition) is 2. The molecule has 11 heteroatoms. The first-order valence-electron chi connectivity index (χ1n) is 13.0. The summed E-state index contributed by atoms with van der Waals surface area (Å²) >= 11 is 0. The van der Waals surface area contributed by atoms with Gasteiger partial charge in [-0.05, 0) is 50.8 Å². The van der Waals surface area contributed by atoms with Gasteiger partial charge in [0.1, 0.15) is 11.4 Å². The van der Waals surface area contributed by atoms with Crippen molar-refractivity contribution in [3.63, 3.8) is 0 Å². The zero-order valence-corrected chi connectivity index (χ0v) is 21.6. The molecule has 1 saturated heterocycles. The van der Waals surface area contributed by atoms with Crippen LogP contribution in [0.2, 0.25) is 0 Å². The van der Waals surface area contributed by atoms with Crippen LogP contribution >= 0.6 is 0 Å². The summed E-state index contributed by atoms with van der Waals surface area (Å²) in [6.45, 7) is 5.34. The van der Waals surface area contributed by atoms with Crippen molar-refractivity contribution in [2.75, 3.05) is 62.3 Å². The normalized spacial score (nSPS) is 17.4. The second kappa shape index (κ2) is 12.8. The zero-order valence-electron chi connectivity index (χ0n) is 20.8. The molecule has 0 unspecified atom stereocenters. The maximum absolute atomic E-state index is 13.1. The smallest absolute Gasteiger partial charge is 0.253 e. The van der Waals surface area contributed by atoms with Crippen LogP contribution in [0.25, 0.3) is 0 Å². The van der Waals surface area contributed by atoms with Crippen molar-refractivity contribution in [2.45, 2.75) is 51.0 Å². The molecule has 0 amide bonds. The van der Waals surface area contributed by atoms with E-state index in [-0.39, 0.29) is 17.5 Å². The van der Waals surface area contributed by atoms with Crippen molar-refractivity contribution in [2.24, 2.45) is 0 Å². The van der Waals surface area contributed by atoms with Crippen molar-refractivity contribution in [1.29, 1.82) is 0 Å². The van der Waals surface area contributed by atoms with Crippen LogP contribution in [-0.2, 0) is 14.8 Å². The van der Waals surface area contributed by atoms with Gasteiger partial charge in [0, 0.05) is 50.3 Å². The molecule has 1 saturated carbocycles. The second-order valence-electron chi connectivity index (χ2n) is 9.58. The number of nitrogens with one attached hydrogen (secondary N) is 2. The maximum atomic E-state index is 13.1. The Morgan fingerprint density at radius 3 is 2.42 bits per heavy atom. The van der Waals surface area contributed by atoms with E-state index in [1.165, 1.54) is 0 Å². The van der Waals surface area contributed by atoms with E-state index >= 15 is 0 Å². The third kappa shape index (κ3) is 6.90. The molecule has 2 heterocycles. The predicted molar refractivity (Wildman–Crippen MR) is 141 cm³/mol. The topological polar surface area (TPSA) is 121 Å². The average Bonchev–Trinajstić information content (AvgIpc) is 2.86. The van der Waals surface area contributed by atoms with Gasteiger partial charge in [-0.2, -0.15) is 4.31 Å². The van der Waals surface area contributed by atoms with Crippen LogP contribution in [0.3, 0.4) is 0 Å². The van der Waals surface area contributed by atoms with E-state index < -0.39 is 20.9 Å². The fraction of sp³-hybridized carbons (Fsp3) is 0.640. The maximum Gasteiger partial charge on any atom is 0.253 e. The van der Waals surface area contributed by atoms with E-state index in [1.807, 2.05) is 0 Å². The molecule has 2 aromatic rings. The highest BCUT2D eigenvalue weighted by atomic mass is 32.2. The fourth-order valence-electron chi connectivity index (χ4n) is 4.67. The van der Waals surface area contributed by atoms with Crippen molar-refractivity contribution in [1.82, 2.24) is 14.2 Å². The number of rotatable bonds is 15. The highest BCUT2D eigenvalue weighted by molar-refractivity contribution is 7.89. The van der Waals surface area contributed by atoms with Gasteiger partial charge in [0.2, 0.25) is 10.0 Å². The van der Waals surface area contributed by atoms with Gasteiger partial charge < -0.3 is 15.4 Å². The molecular weight excluding hydrogens is 482 g/mol. The Labute approximate surface area is 212 Å². The molecule has 2 N–H and O–H groups in total. The number of unbranched alkanes of at least 4 members (excludes halogenated alkanes) is 2. The van der Waals surface area contributed by atoms with Gasteiger partial charge in [0.25, 0.3) is 10.9 Å². The molecule has 0 spiro atoms. The van der Waals surface area contributed by atoms with Gasteiger partial charge in [-0.1, -0.05) is 12.8 Å². The molecule has 2 fully saturated rings. The minimum absolute atomic E-state index is 0.149. The van der Waals surface area contributed by atoms with E-state index in [2.05, 4.69) is 20.5 Å². The molecule has 4 rings (SSSR count). The highest BCUT2D eigenvalue weighted by Gasteiger charge is 2.33. The molecule has 1 aliphatic carbocycles. The first-order chi connectivity index (χ1) is 17.5.